The van der Waals surface area contributed by atoms with Crippen LogP contribution >= 0.6 is 0 Å². The van der Waals surface area contributed by atoms with Crippen LogP contribution in [0.15, 0.2) is 158 Å². The second kappa shape index (κ2) is 15.1. The molecular weight excluding hydrogens is 717 g/mol. The van der Waals surface area contributed by atoms with Gasteiger partial charge in [-0.05, 0) is 148 Å². The lowest BCUT2D eigenvalue weighted by atomic mass is 9.73. The molecule has 7 aromatic rings. The number of nitrogens with zero attached hydrogens (tertiary/aromatic N) is 2. The van der Waals surface area contributed by atoms with Crippen LogP contribution in [0.5, 0.6) is 0 Å². The fourth-order valence-corrected chi connectivity index (χ4v) is 10.0. The fourth-order valence-electron chi connectivity index (χ4n) is 10.0. The van der Waals surface area contributed by atoms with Crippen molar-refractivity contribution in [3.8, 4) is 27.9 Å². The molecule has 0 saturated carbocycles. The van der Waals surface area contributed by atoms with Gasteiger partial charge in [0, 0.05) is 58.3 Å². The molecule has 0 radical (unpaired) electrons. The first-order valence-electron chi connectivity index (χ1n) is 21.4. The highest BCUT2D eigenvalue weighted by Crippen LogP contribution is 2.49. The van der Waals surface area contributed by atoms with E-state index in [1.54, 1.807) is 0 Å². The normalized spacial score (nSPS) is 21.0. The van der Waals surface area contributed by atoms with Crippen molar-refractivity contribution in [1.82, 2.24) is 14.9 Å². The van der Waals surface area contributed by atoms with Crippen LogP contribution in [0.25, 0.3) is 55.3 Å². The smallest absolute Gasteiger partial charge is 0.0578 e. The highest BCUT2D eigenvalue weighted by molar-refractivity contribution is 6.12. The van der Waals surface area contributed by atoms with E-state index in [1.807, 2.05) is 24.7 Å². The maximum absolute atomic E-state index is 4.47. The average molecular weight is 769 g/mol. The predicted molar refractivity (Wildman–Crippen MR) is 250 cm³/mol. The van der Waals surface area contributed by atoms with Crippen molar-refractivity contribution < 1.29 is 0 Å². The summed E-state index contributed by atoms with van der Waals surface area (Å²) in [6.45, 7) is 13.1. The van der Waals surface area contributed by atoms with Crippen molar-refractivity contribution in [1.29, 1.82) is 0 Å². The molecule has 5 unspecified atom stereocenters. The number of hydrogen-bond acceptors (Lipinski definition) is 3. The molecule has 2 aliphatic carbocycles. The summed E-state index contributed by atoms with van der Waals surface area (Å²) in [4.78, 5) is 4.47. The van der Waals surface area contributed by atoms with Gasteiger partial charge in [-0.15, -0.1) is 0 Å². The Morgan fingerprint density at radius 2 is 1.51 bits per heavy atom. The molecule has 10 rings (SSSR count). The van der Waals surface area contributed by atoms with E-state index in [-0.39, 0.29) is 29.7 Å². The third kappa shape index (κ3) is 6.52. The summed E-state index contributed by atoms with van der Waals surface area (Å²) < 4.78 is 2.55. The number of anilines is 1. The Labute approximate surface area is 348 Å². The summed E-state index contributed by atoms with van der Waals surface area (Å²) in [6.07, 6.45) is 20.0. The number of hydrogen-bond donors (Lipinski definition) is 2. The summed E-state index contributed by atoms with van der Waals surface area (Å²) >= 11 is 0. The van der Waals surface area contributed by atoms with Crippen molar-refractivity contribution in [3.05, 3.63) is 192 Å². The number of dihydropyridines is 1. The zero-order valence-corrected chi connectivity index (χ0v) is 34.7. The van der Waals surface area contributed by atoms with Crippen LogP contribution in [-0.4, -0.2) is 22.1 Å². The number of fused-ring (bicyclic) bond motifs is 8. The Morgan fingerprint density at radius 1 is 0.695 bits per heavy atom. The minimum Gasteiger partial charge on any atom is -0.387 e. The van der Waals surface area contributed by atoms with Crippen molar-refractivity contribution in [3.63, 3.8) is 0 Å². The molecule has 59 heavy (non-hydrogen) atoms. The van der Waals surface area contributed by atoms with Crippen LogP contribution < -0.4 is 10.6 Å². The van der Waals surface area contributed by atoms with E-state index in [2.05, 4.69) is 188 Å². The molecule has 292 valence electrons. The molecule has 3 heterocycles. The van der Waals surface area contributed by atoms with E-state index in [0.29, 0.717) is 0 Å². The standard InChI is InChI=1S/C55H52N4/c1-34-36(3)48-31-51-50-30-40(42-15-13-25-57-33-42)21-23-53(50)59(47-18-10-7-11-19-47)55(51)54(38(48)5)37(4)35(2)44-26-43(34)27-45(28-44)49-29-39(41-14-12-24-56-32-41)20-22-52(49)58-46-16-8-6-9-17-46/h6-16,18-32,34-37,46,57-58H,17,33H2,1-5H3. The number of benzene rings is 5. The van der Waals surface area contributed by atoms with Gasteiger partial charge < -0.3 is 15.2 Å². The van der Waals surface area contributed by atoms with E-state index >= 15 is 0 Å². The van der Waals surface area contributed by atoms with Gasteiger partial charge in [0.15, 0.2) is 0 Å². The first-order chi connectivity index (χ1) is 28.8. The average Bonchev–Trinajstić information content (AvgIpc) is 3.61. The third-order valence-electron chi connectivity index (χ3n) is 13.7. The zero-order chi connectivity index (χ0) is 40.2. The number of para-hydroxylation sites is 1. The number of nitrogens with one attached hydrogen (secondary N) is 2. The van der Waals surface area contributed by atoms with Gasteiger partial charge in [-0.25, -0.2) is 0 Å². The molecule has 0 spiro atoms. The molecule has 4 nitrogen and oxygen atoms in total. The van der Waals surface area contributed by atoms with Gasteiger partial charge in [0.1, 0.15) is 0 Å². The molecule has 0 saturated heterocycles. The van der Waals surface area contributed by atoms with Crippen molar-refractivity contribution >= 4 is 33.1 Å². The van der Waals surface area contributed by atoms with Crippen molar-refractivity contribution in [2.24, 2.45) is 0 Å². The van der Waals surface area contributed by atoms with E-state index in [0.717, 1.165) is 24.2 Å². The molecule has 2 N–H and O–H groups in total. The van der Waals surface area contributed by atoms with Crippen LogP contribution in [0, 0.1) is 6.92 Å². The number of aromatic nitrogens is 2. The summed E-state index contributed by atoms with van der Waals surface area (Å²) in [7, 11) is 0. The molecule has 4 bridgehead atoms. The first kappa shape index (κ1) is 36.9. The lowest BCUT2D eigenvalue weighted by Crippen LogP contribution is -2.18. The second-order valence-corrected chi connectivity index (χ2v) is 17.1. The van der Waals surface area contributed by atoms with Crippen LogP contribution in [0.4, 0.5) is 5.69 Å². The SMILES string of the molecule is Cc1c2cc3c4cc(C5=CC=CNC5)ccc4n(-c4ccccc4)c3c1C(C)C(C)c1cc(-c3cc(-c4cccnc4)ccc3NC3C=CC=CC3)cc(c1)C(C)C2C. The lowest BCUT2D eigenvalue weighted by molar-refractivity contribution is 0.590. The monoisotopic (exact) mass is 768 g/mol. The largest absolute Gasteiger partial charge is 0.387 e. The highest BCUT2D eigenvalue weighted by Gasteiger charge is 2.31. The molecule has 0 fully saturated rings. The molecule has 5 atom stereocenters. The van der Waals surface area contributed by atoms with Crippen molar-refractivity contribution in [2.75, 3.05) is 11.9 Å². The number of allylic oxidation sites excluding steroid dienone is 4. The summed E-state index contributed by atoms with van der Waals surface area (Å²) in [5, 5.41) is 10.0. The summed E-state index contributed by atoms with van der Waals surface area (Å²) in [5.74, 6) is 1.06. The molecular formula is C55H52N4. The topological polar surface area (TPSA) is 41.9 Å². The Kier molecular flexibility index (Phi) is 9.44. The van der Waals surface area contributed by atoms with Gasteiger partial charge >= 0.3 is 0 Å². The molecule has 0 amide bonds. The van der Waals surface area contributed by atoms with Crippen LogP contribution in [0.1, 0.15) is 91.2 Å². The minimum atomic E-state index is 0.237. The quantitative estimate of drug-likeness (QED) is 0.177. The Hall–Kier alpha value is -6.39. The van der Waals surface area contributed by atoms with Crippen LogP contribution in [-0.2, 0) is 0 Å². The fraction of sp³-hybridized carbons (Fsp3) is 0.218. The summed E-state index contributed by atoms with van der Waals surface area (Å²) in [5.41, 5.74) is 19.4. The third-order valence-corrected chi connectivity index (χ3v) is 13.7. The minimum absolute atomic E-state index is 0.237. The number of pyridine rings is 1. The number of rotatable bonds is 6. The molecule has 1 aliphatic heterocycles. The Morgan fingerprint density at radius 3 is 2.25 bits per heavy atom. The Bertz CT molecular complexity index is 2850. The second-order valence-electron chi connectivity index (χ2n) is 17.1. The van der Waals surface area contributed by atoms with Gasteiger partial charge in [0.2, 0.25) is 0 Å². The highest BCUT2D eigenvalue weighted by atomic mass is 15.0. The van der Waals surface area contributed by atoms with Gasteiger partial charge in [-0.2, -0.15) is 0 Å². The van der Waals surface area contributed by atoms with Gasteiger partial charge in [-0.3, -0.25) is 4.98 Å². The van der Waals surface area contributed by atoms with Gasteiger partial charge in [0.25, 0.3) is 0 Å². The van der Waals surface area contributed by atoms with Crippen LogP contribution in [0.3, 0.4) is 0 Å². The Balaban J connectivity index is 1.18. The van der Waals surface area contributed by atoms with E-state index in [9.17, 15) is 0 Å². The maximum atomic E-state index is 4.47. The van der Waals surface area contributed by atoms with E-state index in [1.165, 1.54) is 83.1 Å². The maximum Gasteiger partial charge on any atom is 0.0578 e. The lowest BCUT2D eigenvalue weighted by Gasteiger charge is -2.32. The molecule has 5 aromatic carbocycles. The van der Waals surface area contributed by atoms with E-state index < -0.39 is 0 Å². The van der Waals surface area contributed by atoms with Gasteiger partial charge in [-0.1, -0.05) is 113 Å². The molecule has 3 aliphatic rings. The van der Waals surface area contributed by atoms with E-state index in [4.69, 9.17) is 0 Å². The predicted octanol–water partition coefficient (Wildman–Crippen LogP) is 13.7. The van der Waals surface area contributed by atoms with Crippen molar-refractivity contribution in [2.45, 2.75) is 70.8 Å². The first-order valence-corrected chi connectivity index (χ1v) is 21.4. The molecule has 4 heteroatoms. The zero-order valence-electron chi connectivity index (χ0n) is 34.7. The molecule has 2 aromatic heterocycles. The summed E-state index contributed by atoms with van der Waals surface area (Å²) in [6, 6.07) is 39.5. The van der Waals surface area contributed by atoms with Crippen LogP contribution in [0.2, 0.25) is 0 Å². The van der Waals surface area contributed by atoms with Gasteiger partial charge in [0.05, 0.1) is 11.0 Å².